The number of pyridine rings is 1. The zero-order valence-corrected chi connectivity index (χ0v) is 12.8. The summed E-state index contributed by atoms with van der Waals surface area (Å²) in [5.74, 6) is 0.738. The number of hydrogen-bond donors (Lipinski definition) is 0. The summed E-state index contributed by atoms with van der Waals surface area (Å²) in [6.07, 6.45) is 10.0. The zero-order valence-electron chi connectivity index (χ0n) is 12.8. The average molecular weight is 296 g/mol. The van der Waals surface area contributed by atoms with Crippen molar-refractivity contribution in [3.05, 3.63) is 41.3 Å². The largest absolute Gasteiger partial charge is 0.474 e. The number of hydrogen-bond acceptors (Lipinski definition) is 4. The Balaban J connectivity index is 1.69. The van der Waals surface area contributed by atoms with Crippen LogP contribution in [0.2, 0.25) is 0 Å². The zero-order chi connectivity index (χ0) is 14.9. The highest BCUT2D eigenvalue weighted by atomic mass is 16.5. The Labute approximate surface area is 130 Å². The molecule has 2 aromatic heterocycles. The van der Waals surface area contributed by atoms with Crippen LogP contribution in [0.25, 0.3) is 0 Å². The predicted molar refractivity (Wildman–Crippen MR) is 84.3 cm³/mol. The quantitative estimate of drug-likeness (QED) is 0.875. The topological polar surface area (TPSA) is 52.3 Å². The van der Waals surface area contributed by atoms with Crippen molar-refractivity contribution in [2.24, 2.45) is 12.0 Å². The highest BCUT2D eigenvalue weighted by molar-refractivity contribution is 6.15. The van der Waals surface area contributed by atoms with Gasteiger partial charge in [-0.15, -0.1) is 0 Å². The van der Waals surface area contributed by atoms with E-state index in [4.69, 9.17) is 9.73 Å². The van der Waals surface area contributed by atoms with Gasteiger partial charge in [0.1, 0.15) is 6.10 Å². The van der Waals surface area contributed by atoms with Crippen LogP contribution in [0.5, 0.6) is 5.88 Å². The van der Waals surface area contributed by atoms with E-state index in [2.05, 4.69) is 10.1 Å². The Kier molecular flexibility index (Phi) is 3.41. The van der Waals surface area contributed by atoms with Crippen LogP contribution >= 0.6 is 0 Å². The molecule has 2 aliphatic rings. The molecule has 5 nitrogen and oxygen atoms in total. The molecule has 0 N–H and O–H groups in total. The molecule has 1 aliphatic heterocycles. The highest BCUT2D eigenvalue weighted by Gasteiger charge is 2.26. The lowest BCUT2D eigenvalue weighted by Gasteiger charge is -2.23. The number of aromatic nitrogens is 3. The third-order valence-electron chi connectivity index (χ3n) is 4.54. The Bertz CT molecular complexity index is 713. The van der Waals surface area contributed by atoms with Gasteiger partial charge in [0, 0.05) is 19.4 Å². The van der Waals surface area contributed by atoms with Crippen LogP contribution in [0, 0.1) is 0 Å². The first kappa shape index (κ1) is 13.5. The first-order valence-electron chi connectivity index (χ1n) is 8.00. The van der Waals surface area contributed by atoms with Crippen LogP contribution in [0.4, 0.5) is 0 Å². The molecule has 1 fully saturated rings. The predicted octanol–water partition coefficient (Wildman–Crippen LogP) is 2.88. The van der Waals surface area contributed by atoms with Crippen molar-refractivity contribution >= 4 is 5.71 Å². The van der Waals surface area contributed by atoms with Gasteiger partial charge in [0.15, 0.2) is 0 Å². The van der Waals surface area contributed by atoms with Crippen LogP contribution in [-0.2, 0) is 13.6 Å². The van der Waals surface area contributed by atoms with Gasteiger partial charge in [-0.05, 0) is 43.4 Å². The summed E-state index contributed by atoms with van der Waals surface area (Å²) in [6, 6.07) is 4.03. The van der Waals surface area contributed by atoms with E-state index in [1.54, 1.807) is 6.20 Å². The molecule has 0 atom stereocenters. The molecular formula is C17H20N4O. The monoisotopic (exact) mass is 296 g/mol. The van der Waals surface area contributed by atoms with Crippen molar-refractivity contribution in [1.29, 1.82) is 0 Å². The van der Waals surface area contributed by atoms with E-state index in [9.17, 15) is 0 Å². The molecule has 0 spiro atoms. The number of rotatable bonds is 3. The second-order valence-corrected chi connectivity index (χ2v) is 6.03. The minimum Gasteiger partial charge on any atom is -0.474 e. The third-order valence-corrected chi connectivity index (χ3v) is 4.54. The molecular weight excluding hydrogens is 276 g/mol. The third kappa shape index (κ3) is 2.30. The first-order valence-corrected chi connectivity index (χ1v) is 8.00. The standard InChI is InChI=1S/C17H20N4O/c1-21-14(8-10-20-21)16-15-12(11-19-16)7-9-18-17(15)22-13-5-3-2-4-6-13/h7-10,13H,2-6,11H2,1H3. The summed E-state index contributed by atoms with van der Waals surface area (Å²) in [5, 5.41) is 4.25. The maximum Gasteiger partial charge on any atom is 0.223 e. The molecule has 5 heteroatoms. The van der Waals surface area contributed by atoms with E-state index in [0.717, 1.165) is 35.7 Å². The van der Waals surface area contributed by atoms with Gasteiger partial charge < -0.3 is 4.74 Å². The summed E-state index contributed by atoms with van der Waals surface area (Å²) in [5.41, 5.74) is 4.21. The number of aryl methyl sites for hydroxylation is 1. The van der Waals surface area contributed by atoms with Crippen LogP contribution in [0.15, 0.2) is 29.5 Å². The normalized spacial score (nSPS) is 18.1. The Hall–Kier alpha value is -2.17. The fraction of sp³-hybridized carbons (Fsp3) is 0.471. The molecule has 22 heavy (non-hydrogen) atoms. The van der Waals surface area contributed by atoms with E-state index < -0.39 is 0 Å². The maximum absolute atomic E-state index is 6.24. The fourth-order valence-electron chi connectivity index (χ4n) is 3.35. The molecule has 0 saturated heterocycles. The summed E-state index contributed by atoms with van der Waals surface area (Å²) in [4.78, 5) is 9.20. The van der Waals surface area contributed by atoms with Crippen molar-refractivity contribution in [3.63, 3.8) is 0 Å². The molecule has 0 radical (unpaired) electrons. The fourth-order valence-corrected chi connectivity index (χ4v) is 3.35. The molecule has 0 aromatic carbocycles. The van der Waals surface area contributed by atoms with Gasteiger partial charge in [-0.3, -0.25) is 9.67 Å². The summed E-state index contributed by atoms with van der Waals surface area (Å²) in [7, 11) is 1.94. The molecule has 0 bridgehead atoms. The van der Waals surface area contributed by atoms with Gasteiger partial charge >= 0.3 is 0 Å². The smallest absolute Gasteiger partial charge is 0.223 e. The minimum atomic E-state index is 0.293. The second kappa shape index (κ2) is 5.55. The van der Waals surface area contributed by atoms with Crippen LogP contribution in [-0.4, -0.2) is 26.6 Å². The van der Waals surface area contributed by atoms with Gasteiger partial charge in [-0.25, -0.2) is 4.98 Å². The molecule has 1 saturated carbocycles. The van der Waals surface area contributed by atoms with Crippen molar-refractivity contribution in [2.75, 3.05) is 0 Å². The lowest BCUT2D eigenvalue weighted by molar-refractivity contribution is 0.148. The van der Waals surface area contributed by atoms with Gasteiger partial charge in [-0.2, -0.15) is 5.10 Å². The van der Waals surface area contributed by atoms with Gasteiger partial charge in [0.25, 0.3) is 0 Å². The average Bonchev–Trinajstić information content (AvgIpc) is 3.15. The summed E-state index contributed by atoms with van der Waals surface area (Å²) < 4.78 is 8.10. The lowest BCUT2D eigenvalue weighted by Crippen LogP contribution is -2.22. The Morgan fingerprint density at radius 3 is 2.77 bits per heavy atom. The molecule has 4 rings (SSSR count). The SMILES string of the molecule is Cn1nccc1C1=NCc2ccnc(OC3CCCCC3)c21. The van der Waals surface area contributed by atoms with Gasteiger partial charge in [-0.1, -0.05) is 6.42 Å². The number of nitrogens with zero attached hydrogens (tertiary/aromatic N) is 4. The van der Waals surface area contributed by atoms with E-state index >= 15 is 0 Å². The molecule has 3 heterocycles. The van der Waals surface area contributed by atoms with Crippen LogP contribution < -0.4 is 4.74 Å². The maximum atomic E-state index is 6.24. The summed E-state index contributed by atoms with van der Waals surface area (Å²) in [6.45, 7) is 0.694. The Morgan fingerprint density at radius 1 is 1.14 bits per heavy atom. The van der Waals surface area contributed by atoms with Crippen LogP contribution in [0.3, 0.4) is 0 Å². The van der Waals surface area contributed by atoms with Crippen LogP contribution in [0.1, 0.15) is 48.9 Å². The van der Waals surface area contributed by atoms with E-state index in [1.165, 1.54) is 24.8 Å². The molecule has 1 aliphatic carbocycles. The van der Waals surface area contributed by atoms with E-state index in [0.29, 0.717) is 12.6 Å². The molecule has 0 unspecified atom stereocenters. The van der Waals surface area contributed by atoms with E-state index in [1.807, 2.05) is 30.1 Å². The highest BCUT2D eigenvalue weighted by Crippen LogP contribution is 2.31. The van der Waals surface area contributed by atoms with Crippen molar-refractivity contribution in [2.45, 2.75) is 44.8 Å². The summed E-state index contributed by atoms with van der Waals surface area (Å²) >= 11 is 0. The second-order valence-electron chi connectivity index (χ2n) is 6.03. The molecule has 0 amide bonds. The molecule has 114 valence electrons. The lowest BCUT2D eigenvalue weighted by atomic mass is 9.97. The van der Waals surface area contributed by atoms with Crippen molar-refractivity contribution < 1.29 is 4.74 Å². The van der Waals surface area contributed by atoms with Gasteiger partial charge in [0.2, 0.25) is 5.88 Å². The van der Waals surface area contributed by atoms with Crippen molar-refractivity contribution in [1.82, 2.24) is 14.8 Å². The number of aliphatic imine (C=N–C) groups is 1. The molecule has 2 aromatic rings. The minimum absolute atomic E-state index is 0.293. The van der Waals surface area contributed by atoms with E-state index in [-0.39, 0.29) is 0 Å². The first-order chi connectivity index (χ1) is 10.8. The Morgan fingerprint density at radius 2 is 2.00 bits per heavy atom. The van der Waals surface area contributed by atoms with Gasteiger partial charge in [0.05, 0.1) is 23.5 Å². The van der Waals surface area contributed by atoms with Crippen molar-refractivity contribution in [3.8, 4) is 5.88 Å². The number of ether oxygens (including phenoxy) is 1. The number of fused-ring (bicyclic) bond motifs is 1.